The van der Waals surface area contributed by atoms with E-state index in [0.29, 0.717) is 0 Å². The average molecular weight is 370 g/mol. The van der Waals surface area contributed by atoms with Crippen LogP contribution in [0.5, 0.6) is 0 Å². The Hall–Kier alpha value is -2.54. The number of rotatable bonds is 3. The fraction of sp³-hybridized carbons (Fsp3) is 0.333. The molecule has 0 bridgehead atoms. The maximum absolute atomic E-state index is 2.51. The number of nitrogens with zero attached hydrogens (tertiary/aromatic N) is 1. The molecule has 0 spiro atoms. The molecule has 0 heterocycles. The van der Waals surface area contributed by atoms with E-state index in [2.05, 4.69) is 113 Å². The Balaban J connectivity index is 2.00. The Labute approximate surface area is 170 Å². The lowest BCUT2D eigenvalue weighted by atomic mass is 9.79. The van der Waals surface area contributed by atoms with E-state index in [-0.39, 0.29) is 11.0 Å². The molecule has 3 aromatic rings. The lowest BCUT2D eigenvalue weighted by Gasteiger charge is -2.40. The maximum Gasteiger partial charge on any atom is 0.0451 e. The van der Waals surface area contributed by atoms with Crippen molar-refractivity contribution in [3.05, 3.63) is 83.4 Å². The second-order valence-electron chi connectivity index (χ2n) is 9.35. The minimum absolute atomic E-state index is 0.0187. The van der Waals surface area contributed by atoms with Gasteiger partial charge in [0.1, 0.15) is 0 Å². The lowest BCUT2D eigenvalue weighted by molar-refractivity contribution is 0.557. The molecule has 0 fully saturated rings. The predicted molar refractivity (Wildman–Crippen MR) is 122 cm³/mol. The molecule has 0 atom stereocenters. The Morgan fingerprint density at radius 2 is 1.43 bits per heavy atom. The van der Waals surface area contributed by atoms with Gasteiger partial charge in [-0.05, 0) is 73.2 Å². The molecule has 28 heavy (non-hydrogen) atoms. The normalized spacial score (nSPS) is 14.5. The van der Waals surface area contributed by atoms with Crippen LogP contribution in [0.3, 0.4) is 0 Å². The molecule has 0 saturated carbocycles. The van der Waals surface area contributed by atoms with Crippen molar-refractivity contribution in [2.45, 2.75) is 58.9 Å². The van der Waals surface area contributed by atoms with Crippen LogP contribution in [0.1, 0.15) is 58.2 Å². The fourth-order valence-electron chi connectivity index (χ4n) is 5.01. The fourth-order valence-corrected chi connectivity index (χ4v) is 5.01. The van der Waals surface area contributed by atoms with E-state index < -0.39 is 0 Å². The smallest absolute Gasteiger partial charge is 0.0451 e. The molecule has 1 nitrogen and oxygen atoms in total. The largest absolute Gasteiger partial charge is 0.336 e. The van der Waals surface area contributed by atoms with Gasteiger partial charge in [-0.1, -0.05) is 69.3 Å². The highest BCUT2D eigenvalue weighted by atomic mass is 15.2. The van der Waals surface area contributed by atoms with Crippen molar-refractivity contribution in [3.63, 3.8) is 0 Å². The zero-order chi connectivity index (χ0) is 20.1. The van der Waals surface area contributed by atoms with E-state index in [1.807, 2.05) is 0 Å². The summed E-state index contributed by atoms with van der Waals surface area (Å²) in [6.45, 7) is 13.9. The topological polar surface area (TPSA) is 3.24 Å². The molecule has 0 unspecified atom stereocenters. The number of hydrogen-bond acceptors (Lipinski definition) is 1. The van der Waals surface area contributed by atoms with Gasteiger partial charge in [-0.2, -0.15) is 0 Å². The summed E-state index contributed by atoms with van der Waals surface area (Å²) >= 11 is 0. The van der Waals surface area contributed by atoms with Crippen LogP contribution in [0.25, 0.3) is 11.1 Å². The zero-order valence-electron chi connectivity index (χ0n) is 18.0. The first-order chi connectivity index (χ1) is 13.3. The van der Waals surface area contributed by atoms with Gasteiger partial charge in [0.05, 0.1) is 0 Å². The monoisotopic (exact) mass is 369 g/mol. The molecule has 0 amide bonds. The third kappa shape index (κ3) is 2.76. The summed E-state index contributed by atoms with van der Waals surface area (Å²) in [5, 5.41) is 0. The van der Waals surface area contributed by atoms with Gasteiger partial charge in [0, 0.05) is 22.3 Å². The van der Waals surface area contributed by atoms with Gasteiger partial charge in [-0.25, -0.2) is 0 Å². The van der Waals surface area contributed by atoms with Crippen molar-refractivity contribution < 1.29 is 0 Å². The number of anilines is 2. The zero-order valence-corrected chi connectivity index (χ0v) is 18.0. The number of benzene rings is 3. The molecule has 1 heteroatoms. The van der Waals surface area contributed by atoms with Gasteiger partial charge in [0.15, 0.2) is 0 Å². The van der Waals surface area contributed by atoms with Crippen LogP contribution in [0.4, 0.5) is 11.4 Å². The van der Waals surface area contributed by atoms with E-state index in [0.717, 1.165) is 6.42 Å². The Morgan fingerprint density at radius 3 is 2.07 bits per heavy atom. The molecule has 0 saturated heterocycles. The van der Waals surface area contributed by atoms with Gasteiger partial charge < -0.3 is 4.90 Å². The molecule has 0 radical (unpaired) electrons. The van der Waals surface area contributed by atoms with Gasteiger partial charge in [0.25, 0.3) is 0 Å². The second kappa shape index (κ2) is 6.51. The van der Waals surface area contributed by atoms with Crippen molar-refractivity contribution in [1.29, 1.82) is 0 Å². The summed E-state index contributed by atoms with van der Waals surface area (Å²) in [5.41, 5.74) is 9.80. The molecular formula is C27H31N. The first kappa shape index (κ1) is 18.8. The highest BCUT2D eigenvalue weighted by Crippen LogP contribution is 2.52. The molecule has 1 aliphatic carbocycles. The first-order valence-corrected chi connectivity index (χ1v) is 10.4. The third-order valence-corrected chi connectivity index (χ3v) is 6.08. The lowest BCUT2D eigenvalue weighted by Crippen LogP contribution is -2.38. The summed E-state index contributed by atoms with van der Waals surface area (Å²) in [5.74, 6) is 0. The minimum Gasteiger partial charge on any atom is -0.336 e. The molecule has 1 aliphatic rings. The van der Waals surface area contributed by atoms with Crippen LogP contribution in [0, 0.1) is 0 Å². The number of fused-ring (bicyclic) bond motifs is 3. The van der Waals surface area contributed by atoms with E-state index in [1.54, 1.807) is 0 Å². The van der Waals surface area contributed by atoms with E-state index in [1.165, 1.54) is 39.2 Å². The van der Waals surface area contributed by atoms with Gasteiger partial charge in [0.2, 0.25) is 0 Å². The summed E-state index contributed by atoms with van der Waals surface area (Å²) in [6.07, 6.45) is 1.02. The Morgan fingerprint density at radius 1 is 0.786 bits per heavy atom. The van der Waals surface area contributed by atoms with Gasteiger partial charge in [-0.15, -0.1) is 0 Å². The van der Waals surface area contributed by atoms with E-state index in [9.17, 15) is 0 Å². The van der Waals surface area contributed by atoms with E-state index >= 15 is 0 Å². The molecule has 0 aromatic heterocycles. The summed E-state index contributed by atoms with van der Waals surface area (Å²) in [4.78, 5) is 2.51. The molecule has 0 aliphatic heterocycles. The van der Waals surface area contributed by atoms with Crippen molar-refractivity contribution in [2.24, 2.45) is 0 Å². The Bertz CT molecular complexity index is 1010. The van der Waals surface area contributed by atoms with Crippen LogP contribution >= 0.6 is 0 Å². The van der Waals surface area contributed by atoms with Crippen LogP contribution in [0.15, 0.2) is 66.7 Å². The number of para-hydroxylation sites is 1. The maximum atomic E-state index is 2.51. The SMILES string of the molecule is CCc1c(N(c2ccccc2)C(C)(C)C)ccc2c1C(C)(C)c1ccccc1-2. The van der Waals surface area contributed by atoms with Gasteiger partial charge >= 0.3 is 0 Å². The van der Waals surface area contributed by atoms with Crippen LogP contribution in [-0.2, 0) is 11.8 Å². The van der Waals surface area contributed by atoms with Crippen molar-refractivity contribution in [2.75, 3.05) is 4.90 Å². The van der Waals surface area contributed by atoms with Crippen LogP contribution in [0.2, 0.25) is 0 Å². The standard InChI is InChI=1S/C27H31N/c1-7-20-24(28(26(2,3)4)19-13-9-8-10-14-19)18-17-22-21-15-11-12-16-23(21)27(5,6)25(20)22/h8-18H,7H2,1-6H3. The predicted octanol–water partition coefficient (Wildman–Crippen LogP) is 7.49. The Kier molecular flexibility index (Phi) is 4.38. The van der Waals surface area contributed by atoms with Gasteiger partial charge in [-0.3, -0.25) is 0 Å². The number of hydrogen-bond donors (Lipinski definition) is 0. The highest BCUT2D eigenvalue weighted by molar-refractivity contribution is 5.86. The van der Waals surface area contributed by atoms with Crippen LogP contribution in [-0.4, -0.2) is 5.54 Å². The third-order valence-electron chi connectivity index (χ3n) is 6.08. The molecular weight excluding hydrogens is 338 g/mol. The van der Waals surface area contributed by atoms with Crippen molar-refractivity contribution in [3.8, 4) is 11.1 Å². The quantitative estimate of drug-likeness (QED) is 0.462. The molecule has 144 valence electrons. The summed E-state index contributed by atoms with van der Waals surface area (Å²) < 4.78 is 0. The molecule has 4 rings (SSSR count). The first-order valence-electron chi connectivity index (χ1n) is 10.4. The summed E-state index contributed by atoms with van der Waals surface area (Å²) in [6, 6.07) is 24.4. The molecule has 3 aromatic carbocycles. The highest BCUT2D eigenvalue weighted by Gasteiger charge is 2.39. The summed E-state index contributed by atoms with van der Waals surface area (Å²) in [7, 11) is 0. The van der Waals surface area contributed by atoms with Crippen LogP contribution < -0.4 is 4.90 Å². The van der Waals surface area contributed by atoms with E-state index in [4.69, 9.17) is 0 Å². The second-order valence-corrected chi connectivity index (χ2v) is 9.35. The molecule has 0 N–H and O–H groups in total. The average Bonchev–Trinajstić information content (AvgIpc) is 2.90. The minimum atomic E-state index is -0.0187. The van der Waals surface area contributed by atoms with Crippen molar-refractivity contribution >= 4 is 11.4 Å². The van der Waals surface area contributed by atoms with Crippen molar-refractivity contribution in [1.82, 2.24) is 0 Å².